The van der Waals surface area contributed by atoms with Gasteiger partial charge in [-0.3, -0.25) is 9.59 Å². The lowest BCUT2D eigenvalue weighted by molar-refractivity contribution is -0.143. The van der Waals surface area contributed by atoms with E-state index in [0.29, 0.717) is 18.2 Å². The second-order valence-electron chi connectivity index (χ2n) is 4.73. The summed E-state index contributed by atoms with van der Waals surface area (Å²) in [5, 5.41) is 15.9. The van der Waals surface area contributed by atoms with E-state index in [1.54, 1.807) is 0 Å². The monoisotopic (exact) mass is 377 g/mol. The van der Waals surface area contributed by atoms with Crippen molar-refractivity contribution in [2.75, 3.05) is 29.7 Å². The van der Waals surface area contributed by atoms with Crippen molar-refractivity contribution in [3.05, 3.63) is 29.8 Å². The average molecular weight is 378 g/mol. The molecule has 0 unspecified atom stereocenters. The van der Waals surface area contributed by atoms with Crippen LogP contribution in [-0.2, 0) is 20.8 Å². The lowest BCUT2D eigenvalue weighted by Crippen LogP contribution is -2.27. The van der Waals surface area contributed by atoms with Gasteiger partial charge in [-0.1, -0.05) is 12.1 Å². The minimum atomic E-state index is -1.43. The number of alkyl halides is 2. The first kappa shape index (κ1) is 22.2. The van der Waals surface area contributed by atoms with Crippen molar-refractivity contribution in [2.45, 2.75) is 19.3 Å². The summed E-state index contributed by atoms with van der Waals surface area (Å²) >= 11 is 11.5. The zero-order valence-electron chi connectivity index (χ0n) is 13.2. The number of aldehydes is 1. The van der Waals surface area contributed by atoms with Crippen molar-refractivity contribution in [1.29, 1.82) is 0 Å². The summed E-state index contributed by atoms with van der Waals surface area (Å²) < 4.78 is 0. The predicted molar refractivity (Wildman–Crippen MR) is 94.4 cm³/mol. The second-order valence-corrected chi connectivity index (χ2v) is 5.49. The van der Waals surface area contributed by atoms with Crippen LogP contribution in [0.4, 0.5) is 5.69 Å². The molecule has 24 heavy (non-hydrogen) atoms. The number of carbonyl (C=O) groups excluding carboxylic acids is 1. The van der Waals surface area contributed by atoms with Crippen molar-refractivity contribution in [2.24, 2.45) is 0 Å². The number of anilines is 1. The minimum absolute atomic E-state index is 0.167. The van der Waals surface area contributed by atoms with Gasteiger partial charge in [0, 0.05) is 37.0 Å². The third-order valence-electron chi connectivity index (χ3n) is 2.97. The number of aryl methyl sites for hydroxylation is 1. The van der Waals surface area contributed by atoms with Gasteiger partial charge >= 0.3 is 11.9 Å². The SMILES string of the molecule is O=C(O)CCCc1ccc(N(CCCl)CCCl)cc1.O=CC(=O)O. The summed E-state index contributed by atoms with van der Waals surface area (Å²) in [6.45, 7) is 1.54. The van der Waals surface area contributed by atoms with Crippen molar-refractivity contribution >= 4 is 47.1 Å². The van der Waals surface area contributed by atoms with Crippen LogP contribution < -0.4 is 4.90 Å². The number of nitrogens with zero attached hydrogens (tertiary/aromatic N) is 1. The van der Waals surface area contributed by atoms with Crippen LogP contribution in [0.1, 0.15) is 18.4 Å². The Bertz CT molecular complexity index is 502. The van der Waals surface area contributed by atoms with Crippen LogP contribution in [0.2, 0.25) is 0 Å². The molecule has 6 nitrogen and oxygen atoms in total. The molecule has 1 aromatic carbocycles. The summed E-state index contributed by atoms with van der Waals surface area (Å²) in [5.41, 5.74) is 2.25. The van der Waals surface area contributed by atoms with Gasteiger partial charge in [-0.2, -0.15) is 0 Å². The molecular formula is C16H21Cl2NO5. The van der Waals surface area contributed by atoms with Gasteiger partial charge in [0.1, 0.15) is 0 Å². The highest BCUT2D eigenvalue weighted by molar-refractivity contribution is 6.19. The maximum atomic E-state index is 10.4. The highest BCUT2D eigenvalue weighted by Gasteiger charge is 2.05. The van der Waals surface area contributed by atoms with Crippen LogP contribution in [0.25, 0.3) is 0 Å². The number of hydrogen-bond acceptors (Lipinski definition) is 4. The van der Waals surface area contributed by atoms with E-state index < -0.39 is 11.9 Å². The Morgan fingerprint density at radius 2 is 1.54 bits per heavy atom. The molecule has 0 aliphatic heterocycles. The number of rotatable bonds is 10. The van der Waals surface area contributed by atoms with Crippen molar-refractivity contribution < 1.29 is 24.6 Å². The second kappa shape index (κ2) is 13.6. The molecule has 0 aliphatic carbocycles. The number of hydrogen-bond donors (Lipinski definition) is 2. The predicted octanol–water partition coefficient (Wildman–Crippen LogP) is 2.65. The fourth-order valence-electron chi connectivity index (χ4n) is 1.89. The van der Waals surface area contributed by atoms with Gasteiger partial charge in [0.15, 0.2) is 0 Å². The quantitative estimate of drug-likeness (QED) is 0.369. The minimum Gasteiger partial charge on any atom is -0.481 e. The van der Waals surface area contributed by atoms with Crippen molar-refractivity contribution in [3.8, 4) is 0 Å². The Morgan fingerprint density at radius 1 is 1.04 bits per heavy atom. The fourth-order valence-corrected chi connectivity index (χ4v) is 2.30. The van der Waals surface area contributed by atoms with Crippen LogP contribution in [0, 0.1) is 0 Å². The molecule has 134 valence electrons. The molecule has 2 N–H and O–H groups in total. The first-order valence-electron chi connectivity index (χ1n) is 7.30. The lowest BCUT2D eigenvalue weighted by atomic mass is 10.1. The first-order chi connectivity index (χ1) is 11.4. The number of aliphatic carboxylic acids is 2. The van der Waals surface area contributed by atoms with Crippen LogP contribution in [0.15, 0.2) is 24.3 Å². The maximum absolute atomic E-state index is 10.4. The molecule has 0 atom stereocenters. The van der Waals surface area contributed by atoms with Gasteiger partial charge in [-0.05, 0) is 30.5 Å². The maximum Gasteiger partial charge on any atom is 0.368 e. The van der Waals surface area contributed by atoms with Gasteiger partial charge in [-0.25, -0.2) is 4.79 Å². The van der Waals surface area contributed by atoms with E-state index in [-0.39, 0.29) is 12.7 Å². The van der Waals surface area contributed by atoms with Gasteiger partial charge < -0.3 is 15.1 Å². The molecule has 1 aromatic rings. The molecule has 0 heterocycles. The number of benzene rings is 1. The summed E-state index contributed by atoms with van der Waals surface area (Å²) in [7, 11) is 0. The standard InChI is InChI=1S/C14H19Cl2NO2.C2H2O3/c15-8-10-17(11-9-16)13-6-4-12(5-7-13)2-1-3-14(18)19;3-1-2(4)5/h4-7H,1-3,8-11H2,(H,18,19);1H,(H,4,5). The molecule has 0 amide bonds. The summed E-state index contributed by atoms with van der Waals surface area (Å²) in [5.74, 6) is -1.04. The molecule has 0 fully saturated rings. The summed E-state index contributed by atoms with van der Waals surface area (Å²) in [6, 6.07) is 8.14. The Balaban J connectivity index is 0.000000922. The average Bonchev–Trinajstić information content (AvgIpc) is 2.55. The zero-order valence-corrected chi connectivity index (χ0v) is 14.7. The first-order valence-corrected chi connectivity index (χ1v) is 8.37. The van der Waals surface area contributed by atoms with E-state index in [2.05, 4.69) is 4.90 Å². The number of carboxylic acids is 2. The number of carbonyl (C=O) groups is 3. The fraction of sp³-hybridized carbons (Fsp3) is 0.438. The van der Waals surface area contributed by atoms with Gasteiger partial charge in [0.25, 0.3) is 0 Å². The van der Waals surface area contributed by atoms with E-state index in [9.17, 15) is 4.79 Å². The van der Waals surface area contributed by atoms with Crippen LogP contribution in [-0.4, -0.2) is 53.3 Å². The molecule has 0 saturated heterocycles. The summed E-state index contributed by atoms with van der Waals surface area (Å²) in [4.78, 5) is 30.5. The van der Waals surface area contributed by atoms with E-state index in [0.717, 1.165) is 30.8 Å². The highest BCUT2D eigenvalue weighted by Crippen LogP contribution is 2.16. The largest absolute Gasteiger partial charge is 0.481 e. The lowest BCUT2D eigenvalue weighted by Gasteiger charge is -2.23. The number of carboxylic acid groups (broad SMARTS) is 2. The zero-order chi connectivity index (χ0) is 18.4. The molecule has 0 aromatic heterocycles. The van der Waals surface area contributed by atoms with E-state index in [1.807, 2.05) is 24.3 Å². The molecular weight excluding hydrogens is 357 g/mol. The van der Waals surface area contributed by atoms with E-state index >= 15 is 0 Å². The van der Waals surface area contributed by atoms with Crippen LogP contribution in [0.5, 0.6) is 0 Å². The van der Waals surface area contributed by atoms with Crippen LogP contribution >= 0.6 is 23.2 Å². The molecule has 0 saturated carbocycles. The van der Waals surface area contributed by atoms with Crippen molar-refractivity contribution in [3.63, 3.8) is 0 Å². The Hall–Kier alpha value is -1.79. The number of halogens is 2. The smallest absolute Gasteiger partial charge is 0.368 e. The Kier molecular flexibility index (Phi) is 12.6. The molecule has 8 heteroatoms. The van der Waals surface area contributed by atoms with Gasteiger partial charge in [-0.15, -0.1) is 23.2 Å². The molecule has 1 rings (SSSR count). The van der Waals surface area contributed by atoms with E-state index in [1.165, 1.54) is 0 Å². The van der Waals surface area contributed by atoms with E-state index in [4.69, 9.17) is 43.0 Å². The normalized spacial score (nSPS) is 9.58. The highest BCUT2D eigenvalue weighted by atomic mass is 35.5. The van der Waals surface area contributed by atoms with Gasteiger partial charge in [0.2, 0.25) is 6.29 Å². The topological polar surface area (TPSA) is 94.9 Å². The molecule has 0 aliphatic rings. The summed E-state index contributed by atoms with van der Waals surface area (Å²) in [6.07, 6.45) is 1.51. The third-order valence-corrected chi connectivity index (χ3v) is 3.31. The van der Waals surface area contributed by atoms with Crippen LogP contribution in [0.3, 0.4) is 0 Å². The van der Waals surface area contributed by atoms with Gasteiger partial charge in [0.05, 0.1) is 0 Å². The molecule has 0 bridgehead atoms. The Labute approximate surface area is 151 Å². The Morgan fingerprint density at radius 3 is 1.92 bits per heavy atom. The van der Waals surface area contributed by atoms with Crippen molar-refractivity contribution in [1.82, 2.24) is 0 Å². The molecule has 0 radical (unpaired) electrons. The third kappa shape index (κ3) is 10.9. The molecule has 0 spiro atoms.